The first-order valence-corrected chi connectivity index (χ1v) is 10.4. The molecule has 2 N–H and O–H groups in total. The fourth-order valence-electron chi connectivity index (χ4n) is 2.69. The fraction of sp³-hybridized carbons (Fsp3) is 0.545. The summed E-state index contributed by atoms with van der Waals surface area (Å²) in [5.41, 5.74) is 2.14. The first kappa shape index (κ1) is 27.2. The van der Waals surface area contributed by atoms with Crippen LogP contribution in [0.1, 0.15) is 25.8 Å². The average Bonchev–Trinajstić information content (AvgIpc) is 3.13. The maximum absolute atomic E-state index is 5.71. The molecule has 2 aromatic rings. The van der Waals surface area contributed by atoms with Crippen LogP contribution in [0.5, 0.6) is 5.75 Å². The largest absolute Gasteiger partial charge is 0.491 e. The second-order valence-electron chi connectivity index (χ2n) is 7.20. The molecule has 174 valence electrons. The van der Waals surface area contributed by atoms with Crippen molar-refractivity contribution in [1.29, 1.82) is 0 Å². The summed E-state index contributed by atoms with van der Waals surface area (Å²) in [6, 6.07) is 7.90. The van der Waals surface area contributed by atoms with Gasteiger partial charge in [-0.1, -0.05) is 0 Å². The van der Waals surface area contributed by atoms with Crippen molar-refractivity contribution in [2.75, 3.05) is 45.3 Å². The summed E-state index contributed by atoms with van der Waals surface area (Å²) in [4.78, 5) is 4.68. The van der Waals surface area contributed by atoms with E-state index >= 15 is 0 Å². The summed E-state index contributed by atoms with van der Waals surface area (Å²) < 4.78 is 18.0. The summed E-state index contributed by atoms with van der Waals surface area (Å²) in [6.07, 6.45) is 5.78. The minimum atomic E-state index is 0. The Morgan fingerprint density at radius 1 is 1.16 bits per heavy atom. The molecule has 0 fully saturated rings. The lowest BCUT2D eigenvalue weighted by molar-refractivity contribution is 0.0702. The molecule has 1 aromatic carbocycles. The molecule has 0 atom stereocenters. The molecule has 0 aliphatic heterocycles. The number of nitrogens with one attached hydrogen (secondary N) is 2. The van der Waals surface area contributed by atoms with Gasteiger partial charge in [0.1, 0.15) is 5.75 Å². The molecule has 2 rings (SSSR count). The average molecular weight is 545 g/mol. The number of ether oxygens (including phenoxy) is 3. The minimum Gasteiger partial charge on any atom is -0.491 e. The van der Waals surface area contributed by atoms with E-state index in [0.29, 0.717) is 26.4 Å². The molecule has 31 heavy (non-hydrogen) atoms. The Morgan fingerprint density at radius 2 is 1.94 bits per heavy atom. The highest BCUT2D eigenvalue weighted by atomic mass is 127. The van der Waals surface area contributed by atoms with E-state index in [1.165, 1.54) is 5.56 Å². The number of benzene rings is 1. The Kier molecular flexibility index (Phi) is 13.9. The number of rotatable bonds is 13. The van der Waals surface area contributed by atoms with Crippen molar-refractivity contribution in [3.63, 3.8) is 0 Å². The molecule has 0 saturated heterocycles. The predicted octanol–water partition coefficient (Wildman–Crippen LogP) is 3.48. The number of aromatic nitrogens is 2. The highest BCUT2D eigenvalue weighted by molar-refractivity contribution is 14.0. The van der Waals surface area contributed by atoms with E-state index < -0.39 is 0 Å². The van der Waals surface area contributed by atoms with E-state index in [9.17, 15) is 0 Å². The monoisotopic (exact) mass is 545 g/mol. The number of nitrogens with zero attached hydrogens (tertiary/aromatic N) is 3. The molecule has 0 spiro atoms. The van der Waals surface area contributed by atoms with E-state index in [4.69, 9.17) is 14.2 Å². The molecule has 9 heteroatoms. The predicted molar refractivity (Wildman–Crippen MR) is 136 cm³/mol. The quantitative estimate of drug-likeness (QED) is 0.174. The van der Waals surface area contributed by atoms with Crippen LogP contribution in [0.25, 0.3) is 0 Å². The normalized spacial score (nSPS) is 11.3. The number of hydrogen-bond donors (Lipinski definition) is 2. The van der Waals surface area contributed by atoms with Crippen molar-refractivity contribution < 1.29 is 14.2 Å². The van der Waals surface area contributed by atoms with Crippen molar-refractivity contribution >= 4 is 35.6 Å². The van der Waals surface area contributed by atoms with Gasteiger partial charge < -0.3 is 24.8 Å². The Morgan fingerprint density at radius 3 is 2.58 bits per heavy atom. The highest BCUT2D eigenvalue weighted by Gasteiger charge is 2.03. The lowest BCUT2D eigenvalue weighted by Gasteiger charge is -2.14. The summed E-state index contributed by atoms with van der Waals surface area (Å²) in [6.45, 7) is 7.35. The smallest absolute Gasteiger partial charge is 0.195 e. The van der Waals surface area contributed by atoms with Crippen LogP contribution in [-0.2, 0) is 22.9 Å². The number of guanidine groups is 1. The van der Waals surface area contributed by atoms with Crippen LogP contribution in [0.4, 0.5) is 5.69 Å². The topological polar surface area (TPSA) is 81.9 Å². The van der Waals surface area contributed by atoms with Gasteiger partial charge in [-0.3, -0.25) is 9.67 Å². The molecule has 0 bridgehead atoms. The highest BCUT2D eigenvalue weighted by Crippen LogP contribution is 2.16. The molecule has 0 aliphatic carbocycles. The molecule has 1 aromatic heterocycles. The van der Waals surface area contributed by atoms with Crippen molar-refractivity contribution in [3.8, 4) is 5.75 Å². The standard InChI is InChI=1S/C22H35N5O3.HI/c1-18(2)30-21-8-6-20(7-9-21)26-22(23-11-5-13-29-15-14-28-4)24-12-10-19-16-25-27(3)17-19;/h6-9,16-18H,5,10-15H2,1-4H3,(H2,23,24,26);1H. The Bertz CT molecular complexity index is 750. The lowest BCUT2D eigenvalue weighted by Crippen LogP contribution is -2.32. The van der Waals surface area contributed by atoms with Gasteiger partial charge in [0, 0.05) is 45.7 Å². The van der Waals surface area contributed by atoms with Crippen LogP contribution in [0.3, 0.4) is 0 Å². The Labute approximate surface area is 202 Å². The number of methoxy groups -OCH3 is 1. The molecular weight excluding hydrogens is 509 g/mol. The number of aryl methyl sites for hydroxylation is 1. The third-order valence-corrected chi connectivity index (χ3v) is 4.10. The van der Waals surface area contributed by atoms with Gasteiger partial charge in [-0.25, -0.2) is 0 Å². The molecule has 0 aliphatic rings. The summed E-state index contributed by atoms with van der Waals surface area (Å²) in [5, 5.41) is 11.0. The van der Waals surface area contributed by atoms with Crippen LogP contribution in [0, 0.1) is 0 Å². The van der Waals surface area contributed by atoms with Gasteiger partial charge in [-0.2, -0.15) is 5.10 Å². The van der Waals surface area contributed by atoms with Crippen LogP contribution in [0.15, 0.2) is 41.7 Å². The second-order valence-corrected chi connectivity index (χ2v) is 7.20. The number of aliphatic imine (C=N–C) groups is 1. The number of anilines is 1. The number of halogens is 1. The van der Waals surface area contributed by atoms with Crippen molar-refractivity contribution in [3.05, 3.63) is 42.2 Å². The Balaban J connectivity index is 0.00000480. The molecule has 1 heterocycles. The van der Waals surface area contributed by atoms with E-state index in [-0.39, 0.29) is 30.1 Å². The van der Waals surface area contributed by atoms with E-state index in [0.717, 1.165) is 36.8 Å². The van der Waals surface area contributed by atoms with Gasteiger partial charge in [0.25, 0.3) is 0 Å². The summed E-state index contributed by atoms with van der Waals surface area (Å²) in [5.74, 6) is 1.60. The maximum atomic E-state index is 5.71. The third kappa shape index (κ3) is 11.9. The van der Waals surface area contributed by atoms with Crippen molar-refractivity contribution in [1.82, 2.24) is 15.1 Å². The zero-order valence-corrected chi connectivity index (χ0v) is 21.3. The second kappa shape index (κ2) is 15.9. The van der Waals surface area contributed by atoms with Gasteiger partial charge in [0.05, 0.1) is 25.5 Å². The lowest BCUT2D eigenvalue weighted by atomic mass is 10.2. The summed E-state index contributed by atoms with van der Waals surface area (Å²) >= 11 is 0. The van der Waals surface area contributed by atoms with Gasteiger partial charge in [-0.05, 0) is 56.5 Å². The van der Waals surface area contributed by atoms with Gasteiger partial charge in [0.2, 0.25) is 0 Å². The summed E-state index contributed by atoms with van der Waals surface area (Å²) in [7, 11) is 3.59. The van der Waals surface area contributed by atoms with Crippen LogP contribution in [-0.4, -0.2) is 61.9 Å². The molecule has 0 radical (unpaired) electrons. The van der Waals surface area contributed by atoms with E-state index in [1.54, 1.807) is 7.11 Å². The van der Waals surface area contributed by atoms with Crippen molar-refractivity contribution in [2.45, 2.75) is 32.8 Å². The van der Waals surface area contributed by atoms with Gasteiger partial charge in [0.15, 0.2) is 5.96 Å². The van der Waals surface area contributed by atoms with Crippen molar-refractivity contribution in [2.24, 2.45) is 12.0 Å². The van der Waals surface area contributed by atoms with Crippen LogP contribution >= 0.6 is 24.0 Å². The fourth-order valence-corrected chi connectivity index (χ4v) is 2.69. The zero-order chi connectivity index (χ0) is 21.6. The minimum absolute atomic E-state index is 0. The SMILES string of the molecule is COCCOCCCN=C(NCCc1cnn(C)c1)Nc1ccc(OC(C)C)cc1.I. The van der Waals surface area contributed by atoms with Gasteiger partial charge >= 0.3 is 0 Å². The maximum Gasteiger partial charge on any atom is 0.195 e. The zero-order valence-electron chi connectivity index (χ0n) is 19.0. The molecule has 8 nitrogen and oxygen atoms in total. The van der Waals surface area contributed by atoms with E-state index in [2.05, 4.69) is 20.7 Å². The molecular formula is C22H36IN5O3. The van der Waals surface area contributed by atoms with Crippen LogP contribution < -0.4 is 15.4 Å². The Hall–Kier alpha value is -1.85. The molecule has 0 unspecified atom stereocenters. The molecule has 0 saturated carbocycles. The molecule has 0 amide bonds. The van der Waals surface area contributed by atoms with E-state index in [1.807, 2.05) is 62.2 Å². The van der Waals surface area contributed by atoms with Gasteiger partial charge in [-0.15, -0.1) is 24.0 Å². The third-order valence-electron chi connectivity index (χ3n) is 4.10. The number of hydrogen-bond acceptors (Lipinski definition) is 5. The first-order valence-electron chi connectivity index (χ1n) is 10.4. The first-order chi connectivity index (χ1) is 14.6. The van der Waals surface area contributed by atoms with Crippen LogP contribution in [0.2, 0.25) is 0 Å².